The van der Waals surface area contributed by atoms with E-state index in [9.17, 15) is 14.9 Å². The van der Waals surface area contributed by atoms with E-state index >= 15 is 0 Å². The van der Waals surface area contributed by atoms with Gasteiger partial charge < -0.3 is 5.32 Å². The fraction of sp³-hybridized carbons (Fsp3) is 0.353. The lowest BCUT2D eigenvalue weighted by Gasteiger charge is -2.27. The highest BCUT2D eigenvalue weighted by atomic mass is 16.2. The van der Waals surface area contributed by atoms with Gasteiger partial charge in [0.1, 0.15) is 11.9 Å². The molecule has 0 spiro atoms. The first-order chi connectivity index (χ1) is 10.8. The Morgan fingerprint density at radius 3 is 2.30 bits per heavy atom. The highest BCUT2D eigenvalue weighted by molar-refractivity contribution is 5.51. The lowest BCUT2D eigenvalue weighted by molar-refractivity contribution is 0.552. The van der Waals surface area contributed by atoms with Gasteiger partial charge in [0.25, 0.3) is 5.56 Å². The monoisotopic (exact) mass is 312 g/mol. The summed E-state index contributed by atoms with van der Waals surface area (Å²) in [5, 5.41) is 12.4. The van der Waals surface area contributed by atoms with Gasteiger partial charge in [-0.05, 0) is 5.56 Å². The summed E-state index contributed by atoms with van der Waals surface area (Å²) in [6, 6.07) is 11.8. The largest absolute Gasteiger partial charge is 0.369 e. The number of hydrogen-bond donors (Lipinski definition) is 1. The number of hydrogen-bond acceptors (Lipinski definition) is 4. The van der Waals surface area contributed by atoms with Crippen molar-refractivity contribution in [1.29, 1.82) is 5.26 Å². The smallest absolute Gasteiger partial charge is 0.332 e. The van der Waals surface area contributed by atoms with Gasteiger partial charge >= 0.3 is 5.69 Å². The molecule has 1 N–H and O–H groups in total. The minimum absolute atomic E-state index is 0.0570. The molecule has 1 heterocycles. The number of nitrogens with one attached hydrogen (secondary N) is 1. The predicted octanol–water partition coefficient (Wildman–Crippen LogP) is 1.35. The van der Waals surface area contributed by atoms with Crippen LogP contribution in [0.2, 0.25) is 0 Å². The summed E-state index contributed by atoms with van der Waals surface area (Å²) in [5.41, 5.74) is -0.214. The number of aromatic nitrogens is 2. The van der Waals surface area contributed by atoms with Gasteiger partial charge in [-0.15, -0.1) is 0 Å². The Kier molecular flexibility index (Phi) is 4.41. The average Bonchev–Trinajstić information content (AvgIpc) is 2.55. The Morgan fingerprint density at radius 2 is 1.74 bits per heavy atom. The second-order valence-corrected chi connectivity index (χ2v) is 6.14. The molecular formula is C17H20N4O2. The molecule has 0 atom stereocenters. The van der Waals surface area contributed by atoms with Gasteiger partial charge in [0.2, 0.25) is 0 Å². The quantitative estimate of drug-likeness (QED) is 0.924. The molecule has 0 amide bonds. The zero-order chi connectivity index (χ0) is 17.2. The minimum atomic E-state index is -0.587. The van der Waals surface area contributed by atoms with Crippen molar-refractivity contribution in [3.63, 3.8) is 0 Å². The Morgan fingerprint density at radius 1 is 1.13 bits per heavy atom. The van der Waals surface area contributed by atoms with E-state index in [2.05, 4.69) is 19.2 Å². The van der Waals surface area contributed by atoms with E-state index in [1.165, 1.54) is 11.6 Å². The third kappa shape index (κ3) is 3.04. The molecule has 1 aromatic carbocycles. The molecule has 0 bridgehead atoms. The van der Waals surface area contributed by atoms with Crippen molar-refractivity contribution in [3.8, 4) is 6.07 Å². The summed E-state index contributed by atoms with van der Waals surface area (Å²) in [6.07, 6.45) is 0. The Hall–Kier alpha value is -2.81. The Balaban J connectivity index is 2.41. The summed E-state index contributed by atoms with van der Waals surface area (Å²) in [7, 11) is 2.91. The Labute approximate surface area is 134 Å². The van der Waals surface area contributed by atoms with E-state index < -0.39 is 11.2 Å². The van der Waals surface area contributed by atoms with E-state index in [-0.39, 0.29) is 16.8 Å². The molecule has 0 radical (unpaired) electrons. The molecule has 1 aromatic heterocycles. The van der Waals surface area contributed by atoms with Crippen molar-refractivity contribution < 1.29 is 0 Å². The van der Waals surface area contributed by atoms with Crippen molar-refractivity contribution >= 4 is 5.82 Å². The molecule has 0 aliphatic carbocycles. The number of benzene rings is 1. The van der Waals surface area contributed by atoms with E-state index in [4.69, 9.17) is 0 Å². The molecule has 0 fully saturated rings. The molecule has 0 aliphatic heterocycles. The lowest BCUT2D eigenvalue weighted by Crippen LogP contribution is -2.41. The van der Waals surface area contributed by atoms with E-state index in [1.54, 1.807) is 7.05 Å². The molecule has 120 valence electrons. The molecule has 2 aromatic rings. The molecule has 6 heteroatoms. The summed E-state index contributed by atoms with van der Waals surface area (Å²) < 4.78 is 2.23. The Bertz CT molecular complexity index is 870. The van der Waals surface area contributed by atoms with Gasteiger partial charge in [0, 0.05) is 26.1 Å². The maximum Gasteiger partial charge on any atom is 0.332 e. The first-order valence-electron chi connectivity index (χ1n) is 7.29. The molecule has 23 heavy (non-hydrogen) atoms. The fourth-order valence-electron chi connectivity index (χ4n) is 2.45. The number of rotatable bonds is 4. The minimum Gasteiger partial charge on any atom is -0.369 e. The maximum atomic E-state index is 12.1. The zero-order valence-corrected chi connectivity index (χ0v) is 13.8. The summed E-state index contributed by atoms with van der Waals surface area (Å²) >= 11 is 0. The molecular weight excluding hydrogens is 292 g/mol. The second kappa shape index (κ2) is 6.13. The topological polar surface area (TPSA) is 79.8 Å². The van der Waals surface area contributed by atoms with E-state index in [1.807, 2.05) is 36.4 Å². The van der Waals surface area contributed by atoms with Crippen molar-refractivity contribution in [1.82, 2.24) is 9.13 Å². The van der Waals surface area contributed by atoms with Crippen LogP contribution < -0.4 is 16.6 Å². The normalized spacial score (nSPS) is 11.1. The molecule has 0 saturated heterocycles. The third-order valence-corrected chi connectivity index (χ3v) is 4.03. The van der Waals surface area contributed by atoms with Crippen LogP contribution in [0.3, 0.4) is 0 Å². The summed E-state index contributed by atoms with van der Waals surface area (Å²) in [5.74, 6) is 0.254. The van der Waals surface area contributed by atoms with Gasteiger partial charge in [-0.25, -0.2) is 4.79 Å². The summed E-state index contributed by atoms with van der Waals surface area (Å²) in [4.78, 5) is 24.1. The van der Waals surface area contributed by atoms with E-state index in [0.717, 1.165) is 10.1 Å². The number of nitrogens with zero attached hydrogens (tertiary/aromatic N) is 3. The van der Waals surface area contributed by atoms with Gasteiger partial charge in [-0.3, -0.25) is 13.9 Å². The average molecular weight is 312 g/mol. The van der Waals surface area contributed by atoms with E-state index in [0.29, 0.717) is 6.54 Å². The molecule has 6 nitrogen and oxygen atoms in total. The van der Waals surface area contributed by atoms with Crippen molar-refractivity contribution in [2.24, 2.45) is 14.1 Å². The van der Waals surface area contributed by atoms with Crippen LogP contribution in [0.1, 0.15) is 25.0 Å². The van der Waals surface area contributed by atoms with Crippen LogP contribution in [0.15, 0.2) is 39.9 Å². The zero-order valence-electron chi connectivity index (χ0n) is 13.8. The van der Waals surface area contributed by atoms with Gasteiger partial charge in [-0.2, -0.15) is 5.26 Å². The maximum absolute atomic E-state index is 12.1. The SMILES string of the molecule is Cn1c(NCC(C)(C)c2ccccc2)c(C#N)c(=O)n(C)c1=O. The van der Waals surface area contributed by atoms with Crippen LogP contribution in [0.25, 0.3) is 0 Å². The highest BCUT2D eigenvalue weighted by Crippen LogP contribution is 2.23. The summed E-state index contributed by atoms with van der Waals surface area (Å²) in [6.45, 7) is 4.59. The number of anilines is 1. The third-order valence-electron chi connectivity index (χ3n) is 4.03. The van der Waals surface area contributed by atoms with Gasteiger partial charge in [-0.1, -0.05) is 44.2 Å². The standard InChI is InChI=1S/C17H20N4O2/c1-17(2,12-8-6-5-7-9-12)11-19-14-13(10-18)15(22)21(4)16(23)20(14)3/h5-9,19H,11H2,1-4H3. The van der Waals surface area contributed by atoms with Gasteiger partial charge in [0.05, 0.1) is 0 Å². The van der Waals surface area contributed by atoms with Crippen molar-refractivity contribution in [2.45, 2.75) is 19.3 Å². The first-order valence-corrected chi connectivity index (χ1v) is 7.29. The van der Waals surface area contributed by atoms with Crippen LogP contribution in [-0.2, 0) is 19.5 Å². The predicted molar refractivity (Wildman–Crippen MR) is 89.6 cm³/mol. The molecule has 0 saturated carbocycles. The first kappa shape index (κ1) is 16.6. The fourth-order valence-corrected chi connectivity index (χ4v) is 2.45. The lowest BCUT2D eigenvalue weighted by atomic mass is 9.84. The van der Waals surface area contributed by atoms with Crippen LogP contribution in [0.4, 0.5) is 5.82 Å². The van der Waals surface area contributed by atoms with Crippen LogP contribution >= 0.6 is 0 Å². The molecule has 0 aliphatic rings. The van der Waals surface area contributed by atoms with Crippen LogP contribution in [-0.4, -0.2) is 15.7 Å². The second-order valence-electron chi connectivity index (χ2n) is 6.14. The van der Waals surface area contributed by atoms with Gasteiger partial charge in [0.15, 0.2) is 5.56 Å². The van der Waals surface area contributed by atoms with Crippen molar-refractivity contribution in [2.75, 3.05) is 11.9 Å². The molecule has 2 rings (SSSR count). The van der Waals surface area contributed by atoms with Crippen LogP contribution in [0.5, 0.6) is 0 Å². The molecule has 0 unspecified atom stereocenters. The highest BCUT2D eigenvalue weighted by Gasteiger charge is 2.22. The van der Waals surface area contributed by atoms with Crippen LogP contribution in [0, 0.1) is 11.3 Å². The number of nitriles is 1. The van der Waals surface area contributed by atoms with Crippen molar-refractivity contribution in [3.05, 3.63) is 62.3 Å².